The number of aromatic nitrogens is 2. The number of nitrogens with zero attached hydrogens (tertiary/aromatic N) is 2. The lowest BCUT2D eigenvalue weighted by Crippen LogP contribution is -2.45. The Morgan fingerprint density at radius 3 is 2.61 bits per heavy atom. The maximum Gasteiger partial charge on any atom is 0.410 e. The Bertz CT molecular complexity index is 1240. The van der Waals surface area contributed by atoms with Crippen molar-refractivity contribution in [2.24, 2.45) is 0 Å². The number of amides is 3. The Balaban J connectivity index is 1.35. The number of rotatable bonds is 6. The minimum absolute atomic E-state index is 0.159. The van der Waals surface area contributed by atoms with E-state index in [9.17, 15) is 14.4 Å². The van der Waals surface area contributed by atoms with Crippen molar-refractivity contribution in [1.29, 1.82) is 0 Å². The number of H-pyrrole nitrogens is 1. The number of nitrogens with one attached hydrogen (secondary N) is 3. The number of anilines is 1. The normalized spacial score (nSPS) is 15.6. The fourth-order valence-electron chi connectivity index (χ4n) is 3.88. The molecule has 11 heteroatoms. The summed E-state index contributed by atoms with van der Waals surface area (Å²) in [6.45, 7) is 1.09. The van der Waals surface area contributed by atoms with Gasteiger partial charge in [0.05, 0.1) is 15.1 Å². The molecule has 1 atom stereocenters. The molecule has 0 saturated carbocycles. The quantitative estimate of drug-likeness (QED) is 0.383. The van der Waals surface area contributed by atoms with Crippen LogP contribution < -0.4 is 10.6 Å². The fraction of sp³-hybridized carbons (Fsp3) is 0.280. The lowest BCUT2D eigenvalue weighted by molar-refractivity contribution is 0.0863. The summed E-state index contributed by atoms with van der Waals surface area (Å²) in [5.74, 6) is -0.692. The molecule has 188 valence electrons. The zero-order chi connectivity index (χ0) is 25.5. The summed E-state index contributed by atoms with van der Waals surface area (Å²) in [5.41, 5.74) is 1.36. The minimum Gasteiger partial charge on any atom is -0.445 e. The Hall–Kier alpha value is -3.37. The van der Waals surface area contributed by atoms with Crippen LogP contribution in [-0.4, -0.2) is 52.1 Å². The van der Waals surface area contributed by atoms with E-state index in [-0.39, 0.29) is 29.7 Å². The summed E-state index contributed by atoms with van der Waals surface area (Å²) >= 11 is 9.43. The van der Waals surface area contributed by atoms with Crippen LogP contribution in [0, 0.1) is 0 Å². The van der Waals surface area contributed by atoms with E-state index in [2.05, 4.69) is 36.8 Å². The van der Waals surface area contributed by atoms with Gasteiger partial charge in [-0.25, -0.2) is 4.79 Å². The molecule has 1 fully saturated rings. The number of benzene rings is 2. The number of aromatic amines is 1. The summed E-state index contributed by atoms with van der Waals surface area (Å²) in [5, 5.41) is 12.6. The molecule has 0 spiro atoms. The van der Waals surface area contributed by atoms with Crippen LogP contribution in [0.5, 0.6) is 0 Å². The number of carbonyl (C=O) groups is 3. The van der Waals surface area contributed by atoms with Crippen molar-refractivity contribution >= 4 is 51.3 Å². The van der Waals surface area contributed by atoms with E-state index in [0.717, 1.165) is 24.8 Å². The van der Waals surface area contributed by atoms with Crippen molar-refractivity contribution in [3.05, 3.63) is 80.9 Å². The first-order valence-electron chi connectivity index (χ1n) is 11.5. The number of hydrogen-bond acceptors (Lipinski definition) is 5. The van der Waals surface area contributed by atoms with Crippen LogP contribution >= 0.6 is 27.5 Å². The van der Waals surface area contributed by atoms with Crippen molar-refractivity contribution in [2.75, 3.05) is 18.4 Å². The van der Waals surface area contributed by atoms with Gasteiger partial charge in [0.2, 0.25) is 0 Å². The van der Waals surface area contributed by atoms with Crippen LogP contribution in [0.1, 0.15) is 45.7 Å². The second-order valence-corrected chi connectivity index (χ2v) is 9.55. The third kappa shape index (κ3) is 6.44. The SMILES string of the molecule is O=C(Nc1n[nH]c(C(=O)N[C@@H]2CCCCN(C(=O)OCc3ccccc3)C2)c1Br)c1ccccc1Cl. The largest absolute Gasteiger partial charge is 0.445 e. The third-order valence-electron chi connectivity index (χ3n) is 5.75. The zero-order valence-electron chi connectivity index (χ0n) is 19.3. The van der Waals surface area contributed by atoms with Crippen molar-refractivity contribution in [2.45, 2.75) is 31.9 Å². The van der Waals surface area contributed by atoms with Gasteiger partial charge in [-0.05, 0) is 52.9 Å². The summed E-state index contributed by atoms with van der Waals surface area (Å²) in [6, 6.07) is 15.8. The summed E-state index contributed by atoms with van der Waals surface area (Å²) in [4.78, 5) is 39.8. The summed E-state index contributed by atoms with van der Waals surface area (Å²) in [7, 11) is 0. The molecule has 0 unspecified atom stereocenters. The summed E-state index contributed by atoms with van der Waals surface area (Å²) in [6.07, 6.45) is 1.98. The molecule has 1 aromatic heterocycles. The molecule has 1 aliphatic rings. The molecular weight excluding hydrogens is 550 g/mol. The van der Waals surface area contributed by atoms with Crippen molar-refractivity contribution < 1.29 is 19.1 Å². The highest BCUT2D eigenvalue weighted by Gasteiger charge is 2.27. The highest BCUT2D eigenvalue weighted by atomic mass is 79.9. The first kappa shape index (κ1) is 25.7. The second kappa shape index (κ2) is 12.0. The van der Waals surface area contributed by atoms with Gasteiger partial charge >= 0.3 is 6.09 Å². The van der Waals surface area contributed by atoms with Crippen molar-refractivity contribution in [3.8, 4) is 0 Å². The second-order valence-electron chi connectivity index (χ2n) is 8.35. The molecule has 36 heavy (non-hydrogen) atoms. The fourth-order valence-corrected chi connectivity index (χ4v) is 4.55. The van der Waals surface area contributed by atoms with Crippen LogP contribution in [0.2, 0.25) is 5.02 Å². The van der Waals surface area contributed by atoms with Gasteiger partial charge in [0, 0.05) is 19.1 Å². The minimum atomic E-state index is -0.451. The van der Waals surface area contributed by atoms with Crippen LogP contribution in [0.4, 0.5) is 10.6 Å². The average molecular weight is 575 g/mol. The first-order chi connectivity index (χ1) is 17.4. The van der Waals surface area contributed by atoms with Crippen LogP contribution in [0.3, 0.4) is 0 Å². The number of ether oxygens (including phenoxy) is 1. The van der Waals surface area contributed by atoms with Crippen molar-refractivity contribution in [1.82, 2.24) is 20.4 Å². The summed E-state index contributed by atoms with van der Waals surface area (Å²) < 4.78 is 5.78. The van der Waals surface area contributed by atoms with Gasteiger partial charge in [0.1, 0.15) is 12.3 Å². The molecule has 0 bridgehead atoms. The molecule has 2 heterocycles. The van der Waals surface area contributed by atoms with E-state index in [0.29, 0.717) is 22.6 Å². The molecule has 3 N–H and O–H groups in total. The zero-order valence-corrected chi connectivity index (χ0v) is 21.6. The Labute approximate surface area is 221 Å². The van der Waals surface area contributed by atoms with E-state index in [1.54, 1.807) is 29.2 Å². The van der Waals surface area contributed by atoms with E-state index in [4.69, 9.17) is 16.3 Å². The number of halogens is 2. The van der Waals surface area contributed by atoms with Gasteiger partial charge in [-0.1, -0.05) is 54.1 Å². The lowest BCUT2D eigenvalue weighted by atomic mass is 10.1. The maximum atomic E-state index is 13.0. The van der Waals surface area contributed by atoms with Gasteiger partial charge in [0.15, 0.2) is 5.82 Å². The average Bonchev–Trinajstić information content (AvgIpc) is 3.08. The number of hydrogen-bond donors (Lipinski definition) is 3. The number of carbonyl (C=O) groups excluding carboxylic acids is 3. The molecule has 1 aliphatic heterocycles. The molecule has 9 nitrogen and oxygen atoms in total. The van der Waals surface area contributed by atoms with Crippen LogP contribution in [0.25, 0.3) is 0 Å². The van der Waals surface area contributed by atoms with Gasteiger partial charge in [0.25, 0.3) is 11.8 Å². The topological polar surface area (TPSA) is 116 Å². The standard InChI is InChI=1S/C25H25BrClN5O4/c26-20-21(30-31-22(20)29-23(33)18-11-4-5-12-19(18)27)24(34)28-17-10-6-7-13-32(14-17)25(35)36-15-16-8-2-1-3-9-16/h1-5,8-9,11-12,17H,6-7,10,13-15H2,(H,28,34)(H2,29,30,31,33)/t17-/m1/s1. The smallest absolute Gasteiger partial charge is 0.410 e. The van der Waals surface area contributed by atoms with E-state index in [1.165, 1.54) is 0 Å². The Morgan fingerprint density at radius 1 is 1.08 bits per heavy atom. The molecule has 4 rings (SSSR count). The van der Waals surface area contributed by atoms with Crippen molar-refractivity contribution in [3.63, 3.8) is 0 Å². The molecule has 3 aromatic rings. The lowest BCUT2D eigenvalue weighted by Gasteiger charge is -2.24. The predicted molar refractivity (Wildman–Crippen MR) is 139 cm³/mol. The predicted octanol–water partition coefficient (Wildman–Crippen LogP) is 5.00. The molecular formula is C25H25BrClN5O4. The molecule has 2 aromatic carbocycles. The van der Waals surface area contributed by atoms with E-state index < -0.39 is 17.9 Å². The molecule has 0 radical (unpaired) electrons. The highest BCUT2D eigenvalue weighted by molar-refractivity contribution is 9.10. The maximum absolute atomic E-state index is 13.0. The van der Waals surface area contributed by atoms with E-state index in [1.807, 2.05) is 30.3 Å². The van der Waals surface area contributed by atoms with Crippen LogP contribution in [-0.2, 0) is 11.3 Å². The first-order valence-corrected chi connectivity index (χ1v) is 12.7. The number of likely N-dealkylation sites (tertiary alicyclic amines) is 1. The molecule has 1 saturated heterocycles. The van der Waals surface area contributed by atoms with Gasteiger partial charge in [-0.2, -0.15) is 5.10 Å². The Morgan fingerprint density at radius 2 is 1.83 bits per heavy atom. The monoisotopic (exact) mass is 573 g/mol. The Kier molecular flexibility index (Phi) is 8.61. The molecule has 0 aliphatic carbocycles. The molecule has 3 amide bonds. The van der Waals surface area contributed by atoms with Gasteiger partial charge in [-0.15, -0.1) is 0 Å². The van der Waals surface area contributed by atoms with Gasteiger partial charge in [-0.3, -0.25) is 14.7 Å². The highest BCUT2D eigenvalue weighted by Crippen LogP contribution is 2.26. The van der Waals surface area contributed by atoms with Crippen LogP contribution in [0.15, 0.2) is 59.1 Å². The van der Waals surface area contributed by atoms with E-state index >= 15 is 0 Å². The third-order valence-corrected chi connectivity index (χ3v) is 6.86. The van der Waals surface area contributed by atoms with Gasteiger partial charge < -0.3 is 20.3 Å².